The van der Waals surface area contributed by atoms with E-state index in [2.05, 4.69) is 6.58 Å². The van der Waals surface area contributed by atoms with Gasteiger partial charge in [-0.25, -0.2) is 4.79 Å². The van der Waals surface area contributed by atoms with Crippen LogP contribution < -0.4 is 0 Å². The molecule has 0 spiro atoms. The van der Waals surface area contributed by atoms with E-state index in [1.54, 1.807) is 39.0 Å². The summed E-state index contributed by atoms with van der Waals surface area (Å²) in [5.74, 6) is 0. The number of rotatable bonds is 6. The number of amides is 1. The average Bonchev–Trinajstić information content (AvgIpc) is 2.41. The van der Waals surface area contributed by atoms with Gasteiger partial charge in [0, 0.05) is 25.2 Å². The summed E-state index contributed by atoms with van der Waals surface area (Å²) in [4.78, 5) is 24.0. The van der Waals surface area contributed by atoms with Crippen LogP contribution in [-0.4, -0.2) is 34.6 Å². The van der Waals surface area contributed by atoms with Gasteiger partial charge >= 0.3 is 6.09 Å². The molecule has 0 heterocycles. The maximum atomic E-state index is 12.1. The summed E-state index contributed by atoms with van der Waals surface area (Å²) in [6.45, 7) is 9.81. The highest BCUT2D eigenvalue weighted by Crippen LogP contribution is 2.15. The Balaban J connectivity index is 2.72. The first-order valence-corrected chi connectivity index (χ1v) is 7.05. The van der Waals surface area contributed by atoms with Crippen molar-refractivity contribution in [1.29, 1.82) is 0 Å². The van der Waals surface area contributed by atoms with Crippen molar-refractivity contribution < 1.29 is 14.5 Å². The standard InChI is InChI=1S/C16H22N2O4/c1-5-10-17(15(19)22-16(2,3)4)11-9-13-7-6-8-14(12-13)18(20)21/h5-8,12H,1,9-11H2,2-4H3. The fourth-order valence-electron chi connectivity index (χ4n) is 1.83. The summed E-state index contributed by atoms with van der Waals surface area (Å²) in [6, 6.07) is 6.40. The summed E-state index contributed by atoms with van der Waals surface area (Å²) < 4.78 is 5.33. The molecule has 0 atom stereocenters. The second-order valence-electron chi connectivity index (χ2n) is 5.89. The molecule has 0 aromatic heterocycles. The summed E-state index contributed by atoms with van der Waals surface area (Å²) in [5.41, 5.74) is 0.277. The Morgan fingerprint density at radius 3 is 2.68 bits per heavy atom. The Morgan fingerprint density at radius 1 is 1.45 bits per heavy atom. The van der Waals surface area contributed by atoms with Crippen LogP contribution in [0.3, 0.4) is 0 Å². The third kappa shape index (κ3) is 5.95. The van der Waals surface area contributed by atoms with Crippen LogP contribution in [-0.2, 0) is 11.2 Å². The van der Waals surface area contributed by atoms with Gasteiger partial charge in [0.2, 0.25) is 0 Å². The normalized spacial score (nSPS) is 10.9. The lowest BCUT2D eigenvalue weighted by molar-refractivity contribution is -0.384. The molecule has 0 bridgehead atoms. The van der Waals surface area contributed by atoms with Gasteiger partial charge < -0.3 is 9.64 Å². The molecular weight excluding hydrogens is 284 g/mol. The number of carbonyl (C=O) groups is 1. The molecule has 0 N–H and O–H groups in total. The third-order valence-corrected chi connectivity index (χ3v) is 2.79. The van der Waals surface area contributed by atoms with Crippen LogP contribution in [0.1, 0.15) is 26.3 Å². The monoisotopic (exact) mass is 306 g/mol. The molecule has 1 amide bonds. The molecule has 6 heteroatoms. The minimum absolute atomic E-state index is 0.0463. The van der Waals surface area contributed by atoms with Crippen molar-refractivity contribution in [2.45, 2.75) is 32.8 Å². The van der Waals surface area contributed by atoms with Crippen LogP contribution in [0.15, 0.2) is 36.9 Å². The molecule has 0 saturated heterocycles. The first-order chi connectivity index (χ1) is 10.2. The molecule has 0 unspecified atom stereocenters. The number of non-ortho nitro benzene ring substituents is 1. The molecule has 0 aliphatic carbocycles. The lowest BCUT2D eigenvalue weighted by atomic mass is 10.1. The molecule has 6 nitrogen and oxygen atoms in total. The lowest BCUT2D eigenvalue weighted by Gasteiger charge is -2.26. The van der Waals surface area contributed by atoms with Gasteiger partial charge in [0.25, 0.3) is 5.69 Å². The minimum Gasteiger partial charge on any atom is -0.444 e. The van der Waals surface area contributed by atoms with E-state index in [4.69, 9.17) is 4.74 Å². The van der Waals surface area contributed by atoms with E-state index >= 15 is 0 Å². The van der Waals surface area contributed by atoms with Gasteiger partial charge in [-0.3, -0.25) is 10.1 Å². The zero-order valence-corrected chi connectivity index (χ0v) is 13.2. The molecule has 0 aliphatic rings. The van der Waals surface area contributed by atoms with Crippen LogP contribution in [0.4, 0.5) is 10.5 Å². The van der Waals surface area contributed by atoms with Crippen LogP contribution in [0.2, 0.25) is 0 Å². The second-order valence-corrected chi connectivity index (χ2v) is 5.89. The van der Waals surface area contributed by atoms with Crippen LogP contribution in [0.25, 0.3) is 0 Å². The maximum Gasteiger partial charge on any atom is 0.410 e. The molecule has 0 aliphatic heterocycles. The maximum absolute atomic E-state index is 12.1. The highest BCUT2D eigenvalue weighted by Gasteiger charge is 2.21. The summed E-state index contributed by atoms with van der Waals surface area (Å²) in [5, 5.41) is 10.8. The molecule has 1 aromatic rings. The van der Waals surface area contributed by atoms with Crippen molar-refractivity contribution in [3.63, 3.8) is 0 Å². The zero-order chi connectivity index (χ0) is 16.8. The Bertz CT molecular complexity index is 549. The van der Waals surface area contributed by atoms with Crippen molar-refractivity contribution in [3.05, 3.63) is 52.6 Å². The summed E-state index contributed by atoms with van der Waals surface area (Å²) in [6.07, 6.45) is 1.71. The fraction of sp³-hybridized carbons (Fsp3) is 0.438. The second kappa shape index (κ2) is 7.59. The quantitative estimate of drug-likeness (QED) is 0.457. The molecule has 0 fully saturated rings. The van der Waals surface area contributed by atoms with E-state index in [9.17, 15) is 14.9 Å². The van der Waals surface area contributed by atoms with Gasteiger partial charge in [-0.2, -0.15) is 0 Å². The number of ether oxygens (including phenoxy) is 1. The topological polar surface area (TPSA) is 72.7 Å². The van der Waals surface area contributed by atoms with Gasteiger partial charge in [0.15, 0.2) is 0 Å². The van der Waals surface area contributed by atoms with Crippen molar-refractivity contribution >= 4 is 11.8 Å². The number of hydrogen-bond donors (Lipinski definition) is 0. The first-order valence-electron chi connectivity index (χ1n) is 7.05. The zero-order valence-electron chi connectivity index (χ0n) is 13.2. The number of nitro groups is 1. The Kier molecular flexibility index (Phi) is 6.10. The van der Waals surface area contributed by atoms with Crippen LogP contribution >= 0.6 is 0 Å². The predicted molar refractivity (Wildman–Crippen MR) is 84.8 cm³/mol. The molecule has 1 aromatic carbocycles. The van der Waals surface area contributed by atoms with Crippen molar-refractivity contribution in [1.82, 2.24) is 4.90 Å². The van der Waals surface area contributed by atoms with E-state index < -0.39 is 16.6 Å². The van der Waals surface area contributed by atoms with Gasteiger partial charge in [-0.05, 0) is 32.8 Å². The largest absolute Gasteiger partial charge is 0.444 e. The van der Waals surface area contributed by atoms with Crippen molar-refractivity contribution in [2.75, 3.05) is 13.1 Å². The van der Waals surface area contributed by atoms with Gasteiger partial charge in [-0.1, -0.05) is 18.2 Å². The van der Waals surface area contributed by atoms with Crippen LogP contribution in [0, 0.1) is 10.1 Å². The minimum atomic E-state index is -0.567. The third-order valence-electron chi connectivity index (χ3n) is 2.79. The SMILES string of the molecule is C=CCN(CCc1cccc([N+](=O)[O-])c1)C(=O)OC(C)(C)C. The summed E-state index contributed by atoms with van der Waals surface area (Å²) in [7, 11) is 0. The van der Waals surface area contributed by atoms with Gasteiger partial charge in [0.05, 0.1) is 4.92 Å². The van der Waals surface area contributed by atoms with Crippen molar-refractivity contribution in [3.8, 4) is 0 Å². The highest BCUT2D eigenvalue weighted by atomic mass is 16.6. The Morgan fingerprint density at radius 2 is 2.14 bits per heavy atom. The number of nitrogens with zero attached hydrogens (tertiary/aromatic N) is 2. The molecule has 1 rings (SSSR count). The van der Waals surface area contributed by atoms with Gasteiger partial charge in [-0.15, -0.1) is 6.58 Å². The van der Waals surface area contributed by atoms with E-state index in [0.29, 0.717) is 19.5 Å². The number of nitro benzene ring substituents is 1. The number of benzene rings is 1. The van der Waals surface area contributed by atoms with E-state index in [0.717, 1.165) is 5.56 Å². The highest BCUT2D eigenvalue weighted by molar-refractivity contribution is 5.68. The average molecular weight is 306 g/mol. The lowest BCUT2D eigenvalue weighted by Crippen LogP contribution is -2.38. The molecule has 0 saturated carbocycles. The summed E-state index contributed by atoms with van der Waals surface area (Å²) >= 11 is 0. The number of hydrogen-bond acceptors (Lipinski definition) is 4. The van der Waals surface area contributed by atoms with Crippen molar-refractivity contribution in [2.24, 2.45) is 0 Å². The van der Waals surface area contributed by atoms with E-state index in [1.807, 2.05) is 0 Å². The molecule has 22 heavy (non-hydrogen) atoms. The number of carbonyl (C=O) groups excluding carboxylic acids is 1. The molecule has 0 radical (unpaired) electrons. The molecule has 120 valence electrons. The van der Waals surface area contributed by atoms with E-state index in [1.165, 1.54) is 17.0 Å². The smallest absolute Gasteiger partial charge is 0.410 e. The Labute approximate surface area is 130 Å². The van der Waals surface area contributed by atoms with E-state index in [-0.39, 0.29) is 5.69 Å². The first kappa shape index (κ1) is 17.7. The Hall–Kier alpha value is -2.37. The fourth-order valence-corrected chi connectivity index (χ4v) is 1.83. The predicted octanol–water partition coefficient (Wildman–Crippen LogP) is 3.56. The van der Waals surface area contributed by atoms with Crippen LogP contribution in [0.5, 0.6) is 0 Å². The molecular formula is C16H22N2O4. The van der Waals surface area contributed by atoms with Gasteiger partial charge in [0.1, 0.15) is 5.60 Å².